The Morgan fingerprint density at radius 2 is 1.18 bits per heavy atom. The fraction of sp³-hybridized carbons (Fsp3) is 0.212. The lowest BCUT2D eigenvalue weighted by Crippen LogP contribution is -2.11. The largest absolute Gasteiger partial charge is 0.458 e. The zero-order valence-electron chi connectivity index (χ0n) is 23.7. The summed E-state index contributed by atoms with van der Waals surface area (Å²) in [5.41, 5.74) is 6.97. The third-order valence-corrected chi connectivity index (χ3v) is 8.03. The zero-order chi connectivity index (χ0) is 29.8. The predicted molar refractivity (Wildman–Crippen MR) is 160 cm³/mol. The summed E-state index contributed by atoms with van der Waals surface area (Å²) in [4.78, 5) is 45.8. The van der Waals surface area contributed by atoms with Gasteiger partial charge in [0.1, 0.15) is 13.2 Å². The number of carbonyl (C=O) groups excluding carboxylic acids is 4. The Morgan fingerprint density at radius 1 is 0.750 bits per heavy atom. The van der Waals surface area contributed by atoms with E-state index < -0.39 is 19.9 Å². The smallest absolute Gasteiger partial charge is 0.330 e. The van der Waals surface area contributed by atoms with Gasteiger partial charge in [-0.2, -0.15) is 0 Å². The average molecular weight is 559 g/mol. The highest BCUT2D eigenvalue weighted by atomic mass is 31.1. The number of aldehydes is 1. The molecular weight excluding hydrogens is 523 g/mol. The average Bonchev–Trinajstić information content (AvgIpc) is 2.94. The first kappa shape index (κ1) is 32.1. The SMILES string of the molecule is C=CC(=O)OCc1cc(C)c(C(=O)P(C)c2ccccc2)c(C)c1.C=CC(=O)OCc1cc(C)c(C=O)c(C)c1. The Morgan fingerprint density at radius 3 is 1.57 bits per heavy atom. The highest BCUT2D eigenvalue weighted by Gasteiger charge is 2.21. The molecular formula is C33H35O6P. The molecule has 40 heavy (non-hydrogen) atoms. The number of ether oxygens (including phenoxy) is 2. The third-order valence-electron chi connectivity index (χ3n) is 6.12. The minimum absolute atomic E-state index is 0.167. The molecule has 0 aliphatic heterocycles. The van der Waals surface area contributed by atoms with Crippen LogP contribution in [-0.2, 0) is 32.3 Å². The van der Waals surface area contributed by atoms with Gasteiger partial charge in [0.15, 0.2) is 11.8 Å². The third kappa shape index (κ3) is 8.96. The summed E-state index contributed by atoms with van der Waals surface area (Å²) in [6, 6.07) is 17.4. The number of esters is 2. The van der Waals surface area contributed by atoms with Crippen molar-refractivity contribution in [2.75, 3.05) is 6.66 Å². The van der Waals surface area contributed by atoms with Crippen LogP contribution in [0, 0.1) is 27.7 Å². The molecule has 0 fully saturated rings. The topological polar surface area (TPSA) is 86.7 Å². The van der Waals surface area contributed by atoms with Gasteiger partial charge in [-0.3, -0.25) is 9.59 Å². The van der Waals surface area contributed by atoms with Crippen LogP contribution in [0.15, 0.2) is 79.9 Å². The first-order valence-corrected chi connectivity index (χ1v) is 14.4. The van der Waals surface area contributed by atoms with Crippen LogP contribution in [0.2, 0.25) is 0 Å². The Bertz CT molecular complexity index is 1360. The van der Waals surface area contributed by atoms with Crippen LogP contribution in [0.25, 0.3) is 0 Å². The summed E-state index contributed by atoms with van der Waals surface area (Å²) in [7, 11) is -0.914. The van der Waals surface area contributed by atoms with E-state index in [4.69, 9.17) is 9.47 Å². The molecule has 208 valence electrons. The molecule has 3 aromatic carbocycles. The van der Waals surface area contributed by atoms with Gasteiger partial charge in [0.05, 0.1) is 0 Å². The molecule has 0 N–H and O–H groups in total. The van der Waals surface area contributed by atoms with E-state index in [1.165, 1.54) is 0 Å². The molecule has 1 atom stereocenters. The van der Waals surface area contributed by atoms with E-state index in [-0.39, 0.29) is 18.7 Å². The van der Waals surface area contributed by atoms with E-state index in [0.29, 0.717) is 5.56 Å². The number of aryl methyl sites for hydroxylation is 4. The summed E-state index contributed by atoms with van der Waals surface area (Å²) in [6.45, 7) is 16.6. The van der Waals surface area contributed by atoms with E-state index in [0.717, 1.165) is 62.7 Å². The lowest BCUT2D eigenvalue weighted by atomic mass is 10.0. The van der Waals surface area contributed by atoms with Crippen molar-refractivity contribution in [1.29, 1.82) is 0 Å². The normalized spacial score (nSPS) is 10.8. The Hall–Kier alpha value is -4.15. The maximum absolute atomic E-state index is 12.9. The minimum Gasteiger partial charge on any atom is -0.458 e. The molecule has 0 aromatic heterocycles. The van der Waals surface area contributed by atoms with Crippen molar-refractivity contribution in [2.45, 2.75) is 40.9 Å². The second-order valence-corrected chi connectivity index (χ2v) is 11.2. The highest BCUT2D eigenvalue weighted by molar-refractivity contribution is 7.81. The molecule has 0 spiro atoms. The monoisotopic (exact) mass is 558 g/mol. The molecule has 0 aliphatic carbocycles. The second-order valence-electron chi connectivity index (χ2n) is 9.19. The first-order chi connectivity index (χ1) is 19.0. The molecule has 0 aliphatic rings. The number of hydrogen-bond donors (Lipinski definition) is 0. The molecule has 6 nitrogen and oxygen atoms in total. The Labute approximate surface area is 237 Å². The van der Waals surface area contributed by atoms with Crippen molar-refractivity contribution >= 4 is 37.0 Å². The minimum atomic E-state index is -0.914. The molecule has 0 bridgehead atoms. The van der Waals surface area contributed by atoms with Crippen molar-refractivity contribution in [3.63, 3.8) is 0 Å². The molecule has 3 aromatic rings. The van der Waals surface area contributed by atoms with E-state index in [1.807, 2.05) is 89.0 Å². The van der Waals surface area contributed by atoms with Gasteiger partial charge in [-0.25, -0.2) is 9.59 Å². The van der Waals surface area contributed by atoms with Gasteiger partial charge in [-0.05, 0) is 81.0 Å². The van der Waals surface area contributed by atoms with Gasteiger partial charge in [-0.15, -0.1) is 0 Å². The highest BCUT2D eigenvalue weighted by Crippen LogP contribution is 2.36. The van der Waals surface area contributed by atoms with Crippen LogP contribution in [0.4, 0.5) is 0 Å². The van der Waals surface area contributed by atoms with Crippen LogP contribution in [0.5, 0.6) is 0 Å². The maximum Gasteiger partial charge on any atom is 0.330 e. The van der Waals surface area contributed by atoms with Crippen LogP contribution in [0.3, 0.4) is 0 Å². The molecule has 0 amide bonds. The number of hydrogen-bond acceptors (Lipinski definition) is 6. The van der Waals surface area contributed by atoms with Crippen molar-refractivity contribution in [3.8, 4) is 0 Å². The van der Waals surface area contributed by atoms with E-state index >= 15 is 0 Å². The van der Waals surface area contributed by atoms with Crippen molar-refractivity contribution < 1.29 is 28.7 Å². The van der Waals surface area contributed by atoms with E-state index in [9.17, 15) is 19.2 Å². The van der Waals surface area contributed by atoms with Crippen LogP contribution in [-0.4, -0.2) is 30.4 Å². The van der Waals surface area contributed by atoms with Crippen LogP contribution in [0.1, 0.15) is 54.1 Å². The zero-order valence-corrected chi connectivity index (χ0v) is 24.5. The Balaban J connectivity index is 0.000000305. The van der Waals surface area contributed by atoms with Gasteiger partial charge in [0.2, 0.25) is 0 Å². The summed E-state index contributed by atoms with van der Waals surface area (Å²) in [5, 5.41) is 1.07. The summed E-state index contributed by atoms with van der Waals surface area (Å²) < 4.78 is 9.98. The van der Waals surface area contributed by atoms with Gasteiger partial charge < -0.3 is 9.47 Å². The molecule has 0 saturated carbocycles. The molecule has 3 rings (SSSR count). The Kier molecular flexibility index (Phi) is 12.4. The standard InChI is InChI=1S/C20H21O3P.C13H14O3/c1-5-18(21)23-13-16-11-14(2)19(15(3)12-16)20(22)24(4)17-9-7-6-8-10-17;1-4-13(15)16-8-11-5-9(2)12(7-14)10(3)6-11/h5-12H,1,13H2,2-4H3;4-7H,1,8H2,2-3H3. The fourth-order valence-corrected chi connectivity index (χ4v) is 5.71. The van der Waals surface area contributed by atoms with E-state index in [2.05, 4.69) is 13.2 Å². The first-order valence-electron chi connectivity index (χ1n) is 12.6. The molecule has 0 saturated heterocycles. The molecule has 0 radical (unpaired) electrons. The van der Waals surface area contributed by atoms with Crippen molar-refractivity contribution in [2.24, 2.45) is 0 Å². The summed E-state index contributed by atoms with van der Waals surface area (Å²) >= 11 is 0. The molecule has 7 heteroatoms. The number of carbonyl (C=O) groups is 4. The maximum atomic E-state index is 12.9. The fourth-order valence-electron chi connectivity index (χ4n) is 4.17. The van der Waals surface area contributed by atoms with E-state index in [1.54, 1.807) is 0 Å². The number of rotatable bonds is 10. The van der Waals surface area contributed by atoms with Gasteiger partial charge in [0, 0.05) is 23.3 Å². The lowest BCUT2D eigenvalue weighted by Gasteiger charge is -2.16. The van der Waals surface area contributed by atoms with Crippen LogP contribution >= 0.6 is 7.92 Å². The summed E-state index contributed by atoms with van der Waals surface area (Å²) in [6.07, 6.45) is 3.10. The quantitative estimate of drug-likeness (QED) is 0.123. The van der Waals surface area contributed by atoms with Crippen molar-refractivity contribution in [1.82, 2.24) is 0 Å². The molecule has 1 unspecified atom stereocenters. The van der Waals surface area contributed by atoms with Crippen LogP contribution < -0.4 is 5.30 Å². The summed E-state index contributed by atoms with van der Waals surface area (Å²) in [5.74, 6) is -0.901. The van der Waals surface area contributed by atoms with Gasteiger partial charge in [-0.1, -0.05) is 67.8 Å². The second kappa shape index (κ2) is 15.4. The molecule has 0 heterocycles. The number of benzene rings is 3. The van der Waals surface area contributed by atoms with Gasteiger partial charge >= 0.3 is 11.9 Å². The predicted octanol–water partition coefficient (Wildman–Crippen LogP) is 6.46. The van der Waals surface area contributed by atoms with Crippen molar-refractivity contribution in [3.05, 3.63) is 124 Å². The lowest BCUT2D eigenvalue weighted by molar-refractivity contribution is -0.139. The van der Waals surface area contributed by atoms with Gasteiger partial charge in [0.25, 0.3) is 0 Å².